The monoisotopic (exact) mass is 404 g/mol. The number of benzene rings is 2. The molecule has 142 valence electrons. The maximum atomic E-state index is 13.2. The maximum Gasteiger partial charge on any atom is 0.403 e. The number of anilines is 1. The van der Waals surface area contributed by atoms with Gasteiger partial charge in [0.05, 0.1) is 16.0 Å². The number of amides is 1. The summed E-state index contributed by atoms with van der Waals surface area (Å²) in [6, 6.07) is 6.29. The number of hydrogen-bond acceptors (Lipinski definition) is 4. The number of sulfone groups is 1. The average Bonchev–Trinajstić information content (AvgIpc) is 2.50. The molecule has 0 aliphatic rings. The number of carbonyl (C=O) groups is 1. The van der Waals surface area contributed by atoms with Crippen LogP contribution in [0.3, 0.4) is 0 Å². The number of alkyl halides is 3. The molecule has 0 spiro atoms. The van der Waals surface area contributed by atoms with Gasteiger partial charge >= 0.3 is 6.18 Å². The molecule has 0 saturated carbocycles. The van der Waals surface area contributed by atoms with Crippen LogP contribution in [-0.2, 0) is 9.84 Å². The molecule has 0 fully saturated rings. The van der Waals surface area contributed by atoms with Crippen LogP contribution in [-0.4, -0.2) is 26.3 Å². The molecule has 0 bridgehead atoms. The number of carbonyl (C=O) groups excluding carboxylic acids is 1. The quantitative estimate of drug-likeness (QED) is 0.791. The van der Waals surface area contributed by atoms with E-state index < -0.39 is 55.3 Å². The molecule has 0 atom stereocenters. The number of nitriles is 1. The van der Waals surface area contributed by atoms with Crippen molar-refractivity contribution in [2.45, 2.75) is 11.1 Å². The van der Waals surface area contributed by atoms with Crippen molar-refractivity contribution >= 4 is 21.4 Å². The Kier molecular flexibility index (Phi) is 5.51. The predicted octanol–water partition coefficient (Wildman–Crippen LogP) is 3.42. The first kappa shape index (κ1) is 20.3. The van der Waals surface area contributed by atoms with E-state index in [-0.39, 0.29) is 5.69 Å². The molecule has 2 aromatic carbocycles. The average molecular weight is 404 g/mol. The van der Waals surface area contributed by atoms with Gasteiger partial charge in [0, 0.05) is 11.8 Å². The van der Waals surface area contributed by atoms with E-state index in [2.05, 4.69) is 0 Å². The molecule has 0 heterocycles. The summed E-state index contributed by atoms with van der Waals surface area (Å²) >= 11 is 0. The molecular weight excluding hydrogens is 395 g/mol. The minimum atomic E-state index is -5.11. The van der Waals surface area contributed by atoms with Gasteiger partial charge in [-0.1, -0.05) is 6.07 Å². The van der Waals surface area contributed by atoms with Gasteiger partial charge in [-0.05, 0) is 24.3 Å². The summed E-state index contributed by atoms with van der Waals surface area (Å²) in [7, 11) is -5.10. The molecule has 1 N–H and O–H groups in total. The van der Waals surface area contributed by atoms with Crippen LogP contribution in [0.2, 0.25) is 0 Å². The third kappa shape index (κ3) is 5.01. The van der Waals surface area contributed by atoms with Crippen LogP contribution in [0.1, 0.15) is 15.9 Å². The van der Waals surface area contributed by atoms with Crippen LogP contribution in [0.15, 0.2) is 41.3 Å². The highest BCUT2D eigenvalue weighted by Gasteiger charge is 2.39. The summed E-state index contributed by atoms with van der Waals surface area (Å²) in [4.78, 5) is 11.2. The Morgan fingerprint density at radius 1 is 1.11 bits per heavy atom. The van der Waals surface area contributed by atoms with Crippen molar-refractivity contribution in [3.05, 3.63) is 59.2 Å². The zero-order valence-corrected chi connectivity index (χ0v) is 14.0. The number of nitrogens with zero attached hydrogens (tertiary/aromatic N) is 1. The first-order valence-corrected chi connectivity index (χ1v) is 8.68. The van der Waals surface area contributed by atoms with Crippen LogP contribution < -0.4 is 5.32 Å². The van der Waals surface area contributed by atoms with Crippen molar-refractivity contribution in [3.8, 4) is 6.07 Å². The summed E-state index contributed by atoms with van der Waals surface area (Å²) in [6.07, 6.45) is -5.11. The predicted molar refractivity (Wildman–Crippen MR) is 83.6 cm³/mol. The van der Waals surface area contributed by atoms with E-state index in [1.165, 1.54) is 6.07 Å². The minimum absolute atomic E-state index is 0.390. The summed E-state index contributed by atoms with van der Waals surface area (Å²) in [6.45, 7) is 0. The molecule has 5 nitrogen and oxygen atoms in total. The smallest absolute Gasteiger partial charge is 0.322 e. The molecule has 2 rings (SSSR count). The second-order valence-electron chi connectivity index (χ2n) is 5.28. The van der Waals surface area contributed by atoms with Gasteiger partial charge in [0.1, 0.15) is 17.7 Å². The SMILES string of the molecule is N#Cc1cccc(C(=O)Nc2cc(F)cc(F)c2)c1S(=O)(=O)CC(F)(F)F. The number of nitrogens with one attached hydrogen (secondary N) is 1. The van der Waals surface area contributed by atoms with Gasteiger partial charge in [0.25, 0.3) is 5.91 Å². The first-order valence-electron chi connectivity index (χ1n) is 7.03. The Morgan fingerprint density at radius 3 is 2.22 bits per heavy atom. The second kappa shape index (κ2) is 7.32. The molecular formula is C16H9F5N2O3S. The van der Waals surface area contributed by atoms with Gasteiger partial charge in [0.2, 0.25) is 0 Å². The number of rotatable bonds is 4. The third-order valence-corrected chi connectivity index (χ3v) is 4.93. The van der Waals surface area contributed by atoms with Crippen LogP contribution in [0.25, 0.3) is 0 Å². The topological polar surface area (TPSA) is 87.0 Å². The fourth-order valence-corrected chi connectivity index (χ4v) is 3.77. The molecule has 0 aliphatic carbocycles. The van der Waals surface area contributed by atoms with Gasteiger partial charge in [0.15, 0.2) is 15.6 Å². The largest absolute Gasteiger partial charge is 0.403 e. The minimum Gasteiger partial charge on any atom is -0.322 e. The summed E-state index contributed by atoms with van der Waals surface area (Å²) in [5.74, 6) is -5.62. The lowest BCUT2D eigenvalue weighted by Crippen LogP contribution is -2.26. The fraction of sp³-hybridized carbons (Fsp3) is 0.125. The van der Waals surface area contributed by atoms with Crippen molar-refractivity contribution in [1.82, 2.24) is 0 Å². The van der Waals surface area contributed by atoms with Crippen LogP contribution >= 0.6 is 0 Å². The molecule has 27 heavy (non-hydrogen) atoms. The summed E-state index contributed by atoms with van der Waals surface area (Å²) in [5, 5.41) is 11.0. The van der Waals surface area contributed by atoms with Crippen molar-refractivity contribution in [3.63, 3.8) is 0 Å². The van der Waals surface area contributed by atoms with Gasteiger partial charge in [-0.2, -0.15) is 18.4 Å². The van der Waals surface area contributed by atoms with E-state index in [4.69, 9.17) is 5.26 Å². The number of hydrogen-bond donors (Lipinski definition) is 1. The maximum absolute atomic E-state index is 13.2. The van der Waals surface area contributed by atoms with Crippen molar-refractivity contribution in [2.75, 3.05) is 11.1 Å². The van der Waals surface area contributed by atoms with E-state index in [0.717, 1.165) is 30.3 Å². The van der Waals surface area contributed by atoms with Gasteiger partial charge in [-0.3, -0.25) is 4.79 Å². The van der Waals surface area contributed by atoms with Crippen LogP contribution in [0, 0.1) is 23.0 Å². The highest BCUT2D eigenvalue weighted by Crippen LogP contribution is 2.28. The van der Waals surface area contributed by atoms with Crippen molar-refractivity contribution in [1.29, 1.82) is 5.26 Å². The zero-order chi connectivity index (χ0) is 20.4. The van der Waals surface area contributed by atoms with Crippen LogP contribution in [0.5, 0.6) is 0 Å². The summed E-state index contributed by atoms with van der Waals surface area (Å²) < 4.78 is 88.5. The normalized spacial score (nSPS) is 11.7. The Morgan fingerprint density at radius 2 is 1.70 bits per heavy atom. The zero-order valence-electron chi connectivity index (χ0n) is 13.1. The lowest BCUT2D eigenvalue weighted by Gasteiger charge is -2.14. The molecule has 11 heteroatoms. The van der Waals surface area contributed by atoms with Crippen molar-refractivity contribution < 1.29 is 35.2 Å². The molecule has 0 unspecified atom stereocenters. The highest BCUT2D eigenvalue weighted by atomic mass is 32.2. The first-order chi connectivity index (χ1) is 12.4. The Labute approximate surface area is 150 Å². The van der Waals surface area contributed by atoms with Gasteiger partial charge in [-0.25, -0.2) is 17.2 Å². The van der Waals surface area contributed by atoms with Gasteiger partial charge in [-0.15, -0.1) is 0 Å². The highest BCUT2D eigenvalue weighted by molar-refractivity contribution is 7.91. The standard InChI is InChI=1S/C16H9F5N2O3S/c17-10-4-11(18)6-12(5-10)23-15(24)13-3-1-2-9(7-22)14(13)27(25,26)8-16(19,20)21/h1-6H,8H2,(H,23,24). The van der Waals surface area contributed by atoms with E-state index in [1.807, 2.05) is 5.32 Å². The molecule has 0 aromatic heterocycles. The Hall–Kier alpha value is -3.00. The molecule has 0 radical (unpaired) electrons. The number of halogens is 5. The molecule has 0 aliphatic heterocycles. The molecule has 1 amide bonds. The van der Waals surface area contributed by atoms with Crippen molar-refractivity contribution in [2.24, 2.45) is 0 Å². The lowest BCUT2D eigenvalue weighted by atomic mass is 10.1. The Balaban J connectivity index is 2.54. The van der Waals surface area contributed by atoms with E-state index >= 15 is 0 Å². The lowest BCUT2D eigenvalue weighted by molar-refractivity contribution is -0.106. The van der Waals surface area contributed by atoms with E-state index in [0.29, 0.717) is 6.07 Å². The molecule has 0 saturated heterocycles. The van der Waals surface area contributed by atoms with Crippen LogP contribution in [0.4, 0.5) is 27.6 Å². The summed E-state index contributed by atoms with van der Waals surface area (Å²) in [5.41, 5.74) is -1.82. The Bertz CT molecular complexity index is 1020. The second-order valence-corrected chi connectivity index (χ2v) is 7.21. The van der Waals surface area contributed by atoms with Gasteiger partial charge < -0.3 is 5.32 Å². The fourth-order valence-electron chi connectivity index (χ4n) is 2.25. The molecule has 2 aromatic rings. The third-order valence-electron chi connectivity index (χ3n) is 3.17. The van der Waals surface area contributed by atoms with E-state index in [1.54, 1.807) is 0 Å². The van der Waals surface area contributed by atoms with E-state index in [9.17, 15) is 35.2 Å².